The second-order valence-corrected chi connectivity index (χ2v) is 8.27. The van der Waals surface area contributed by atoms with Crippen molar-refractivity contribution >= 4 is 32.4 Å². The van der Waals surface area contributed by atoms with Gasteiger partial charge in [0.25, 0.3) is 10.0 Å². The zero-order valence-corrected chi connectivity index (χ0v) is 16.0. The number of thiazole rings is 1. The van der Waals surface area contributed by atoms with Crippen LogP contribution in [0.15, 0.2) is 40.6 Å². The van der Waals surface area contributed by atoms with E-state index in [-0.39, 0.29) is 29.0 Å². The molecule has 1 aromatic carbocycles. The van der Waals surface area contributed by atoms with E-state index in [0.29, 0.717) is 12.2 Å². The summed E-state index contributed by atoms with van der Waals surface area (Å²) in [6.07, 6.45) is 3.67. The third-order valence-corrected chi connectivity index (χ3v) is 5.87. The quantitative estimate of drug-likeness (QED) is 0.504. The minimum Gasteiger partial charge on any atom is -0.396 e. The third kappa shape index (κ3) is 6.74. The molecular formula is C17H23N3O4S2. The van der Waals surface area contributed by atoms with E-state index in [2.05, 4.69) is 15.0 Å². The SMILES string of the molecule is O=C(Cc1csc(NS(=O)(=O)c2ccccc2)n1)NCCCCCCO. The standard InChI is InChI=1S/C17H23N3O4S2/c21-11-7-2-1-6-10-18-16(22)12-14-13-25-17(19-14)20-26(23,24)15-8-4-3-5-9-15/h3-5,8-9,13,21H,1-2,6-7,10-12H2,(H,18,22)(H,19,20). The maximum absolute atomic E-state index is 12.2. The molecule has 9 heteroatoms. The Hall–Kier alpha value is -1.97. The lowest BCUT2D eigenvalue weighted by molar-refractivity contribution is -0.120. The highest BCUT2D eigenvalue weighted by Crippen LogP contribution is 2.20. The number of aromatic nitrogens is 1. The number of anilines is 1. The van der Waals surface area contributed by atoms with Gasteiger partial charge in [0.1, 0.15) is 0 Å². The second-order valence-electron chi connectivity index (χ2n) is 5.73. The average molecular weight is 398 g/mol. The van der Waals surface area contributed by atoms with Gasteiger partial charge in [-0.2, -0.15) is 0 Å². The molecule has 142 valence electrons. The van der Waals surface area contributed by atoms with Gasteiger partial charge >= 0.3 is 0 Å². The molecule has 0 spiro atoms. The maximum atomic E-state index is 12.2. The van der Waals surface area contributed by atoms with Crippen LogP contribution in [0.2, 0.25) is 0 Å². The van der Waals surface area contributed by atoms with Crippen molar-refractivity contribution in [1.29, 1.82) is 0 Å². The van der Waals surface area contributed by atoms with Gasteiger partial charge in [-0.25, -0.2) is 13.4 Å². The summed E-state index contributed by atoms with van der Waals surface area (Å²) in [5.74, 6) is -0.144. The number of nitrogens with zero attached hydrogens (tertiary/aromatic N) is 1. The van der Waals surface area contributed by atoms with Crippen molar-refractivity contribution in [3.05, 3.63) is 41.4 Å². The lowest BCUT2D eigenvalue weighted by Gasteiger charge is -2.05. The van der Waals surface area contributed by atoms with E-state index >= 15 is 0 Å². The van der Waals surface area contributed by atoms with E-state index in [9.17, 15) is 13.2 Å². The fourth-order valence-electron chi connectivity index (χ4n) is 2.25. The molecule has 7 nitrogen and oxygen atoms in total. The number of unbranched alkanes of at least 4 members (excludes halogenated alkanes) is 3. The van der Waals surface area contributed by atoms with Crippen LogP contribution in [-0.4, -0.2) is 37.6 Å². The molecular weight excluding hydrogens is 374 g/mol. The van der Waals surface area contributed by atoms with E-state index in [0.717, 1.165) is 37.0 Å². The van der Waals surface area contributed by atoms with E-state index in [4.69, 9.17) is 5.11 Å². The Morgan fingerprint density at radius 1 is 1.12 bits per heavy atom. The highest BCUT2D eigenvalue weighted by molar-refractivity contribution is 7.93. The molecule has 0 aliphatic rings. The largest absolute Gasteiger partial charge is 0.396 e. The zero-order chi connectivity index (χ0) is 18.8. The maximum Gasteiger partial charge on any atom is 0.263 e. The van der Waals surface area contributed by atoms with Crippen LogP contribution in [0.4, 0.5) is 5.13 Å². The van der Waals surface area contributed by atoms with Crippen molar-refractivity contribution in [3.63, 3.8) is 0 Å². The zero-order valence-electron chi connectivity index (χ0n) is 14.3. The predicted molar refractivity (Wildman–Crippen MR) is 102 cm³/mol. The van der Waals surface area contributed by atoms with Crippen molar-refractivity contribution in [2.45, 2.75) is 37.0 Å². The molecule has 0 aliphatic heterocycles. The first-order valence-corrected chi connectivity index (χ1v) is 10.8. The Bertz CT molecular complexity index is 791. The molecule has 0 saturated heterocycles. The molecule has 1 aromatic heterocycles. The molecule has 2 rings (SSSR count). The molecule has 0 atom stereocenters. The minimum absolute atomic E-state index is 0.111. The fraction of sp³-hybridized carbons (Fsp3) is 0.412. The molecule has 3 N–H and O–H groups in total. The van der Waals surface area contributed by atoms with Crippen LogP contribution in [0.3, 0.4) is 0 Å². The number of carbonyl (C=O) groups is 1. The van der Waals surface area contributed by atoms with Crippen molar-refractivity contribution in [3.8, 4) is 0 Å². The van der Waals surface area contributed by atoms with Gasteiger partial charge in [0, 0.05) is 18.5 Å². The Morgan fingerprint density at radius 2 is 1.85 bits per heavy atom. The topological polar surface area (TPSA) is 108 Å². The second kappa shape index (κ2) is 10.2. The number of benzene rings is 1. The Kier molecular flexibility index (Phi) is 8.02. The normalized spacial score (nSPS) is 11.3. The van der Waals surface area contributed by atoms with Gasteiger partial charge in [0.15, 0.2) is 5.13 Å². The number of aliphatic hydroxyl groups excluding tert-OH is 1. The first-order chi connectivity index (χ1) is 12.5. The number of carbonyl (C=O) groups excluding carboxylic acids is 1. The fourth-order valence-corrected chi connectivity index (χ4v) is 4.24. The molecule has 0 radical (unpaired) electrons. The average Bonchev–Trinajstić information content (AvgIpc) is 3.05. The van der Waals surface area contributed by atoms with Gasteiger partial charge in [0.2, 0.25) is 5.91 Å². The summed E-state index contributed by atoms with van der Waals surface area (Å²) in [5, 5.41) is 13.4. The summed E-state index contributed by atoms with van der Waals surface area (Å²) < 4.78 is 26.9. The number of hydrogen-bond acceptors (Lipinski definition) is 6. The lowest BCUT2D eigenvalue weighted by Crippen LogP contribution is -2.26. The van der Waals surface area contributed by atoms with Crippen LogP contribution < -0.4 is 10.0 Å². The first kappa shape index (κ1) is 20.3. The van der Waals surface area contributed by atoms with E-state index in [1.165, 1.54) is 12.1 Å². The number of sulfonamides is 1. The van der Waals surface area contributed by atoms with Crippen LogP contribution in [0, 0.1) is 0 Å². The molecule has 0 bridgehead atoms. The highest BCUT2D eigenvalue weighted by atomic mass is 32.2. The number of rotatable bonds is 11. The van der Waals surface area contributed by atoms with Crippen molar-refractivity contribution in [1.82, 2.24) is 10.3 Å². The number of aliphatic hydroxyl groups is 1. The smallest absolute Gasteiger partial charge is 0.263 e. The van der Waals surface area contributed by atoms with Crippen LogP contribution in [-0.2, 0) is 21.2 Å². The van der Waals surface area contributed by atoms with Crippen LogP contribution >= 0.6 is 11.3 Å². The number of nitrogens with one attached hydrogen (secondary N) is 2. The number of hydrogen-bond donors (Lipinski definition) is 3. The Labute approximate surface area is 157 Å². The minimum atomic E-state index is -3.67. The summed E-state index contributed by atoms with van der Waals surface area (Å²) in [5.41, 5.74) is 0.526. The van der Waals surface area contributed by atoms with Crippen molar-refractivity contribution in [2.24, 2.45) is 0 Å². The lowest BCUT2D eigenvalue weighted by atomic mass is 10.2. The van der Waals surface area contributed by atoms with Gasteiger partial charge in [-0.1, -0.05) is 31.0 Å². The Balaban J connectivity index is 1.79. The molecule has 1 heterocycles. The predicted octanol–water partition coefficient (Wildman–Crippen LogP) is 2.16. The summed E-state index contributed by atoms with van der Waals surface area (Å²) in [4.78, 5) is 16.2. The number of amides is 1. The van der Waals surface area contributed by atoms with E-state index in [1.807, 2.05) is 0 Å². The van der Waals surface area contributed by atoms with Gasteiger partial charge < -0.3 is 10.4 Å². The molecule has 1 amide bonds. The van der Waals surface area contributed by atoms with Crippen molar-refractivity contribution < 1.29 is 18.3 Å². The van der Waals surface area contributed by atoms with E-state index in [1.54, 1.807) is 23.6 Å². The van der Waals surface area contributed by atoms with Crippen LogP contribution in [0.5, 0.6) is 0 Å². The highest BCUT2D eigenvalue weighted by Gasteiger charge is 2.16. The van der Waals surface area contributed by atoms with Gasteiger partial charge in [-0.3, -0.25) is 9.52 Å². The summed E-state index contributed by atoms with van der Waals surface area (Å²) >= 11 is 1.15. The van der Waals surface area contributed by atoms with Gasteiger partial charge in [-0.05, 0) is 25.0 Å². The molecule has 0 saturated carbocycles. The van der Waals surface area contributed by atoms with Gasteiger partial charge in [0.05, 0.1) is 17.0 Å². The molecule has 0 fully saturated rings. The molecule has 2 aromatic rings. The molecule has 0 unspecified atom stereocenters. The van der Waals surface area contributed by atoms with Crippen LogP contribution in [0.25, 0.3) is 0 Å². The monoisotopic (exact) mass is 397 g/mol. The summed E-state index contributed by atoms with van der Waals surface area (Å²) in [6.45, 7) is 0.786. The summed E-state index contributed by atoms with van der Waals surface area (Å²) in [7, 11) is -3.67. The summed E-state index contributed by atoms with van der Waals surface area (Å²) in [6, 6.07) is 8.05. The van der Waals surface area contributed by atoms with Crippen LogP contribution in [0.1, 0.15) is 31.4 Å². The van der Waals surface area contributed by atoms with Gasteiger partial charge in [-0.15, -0.1) is 11.3 Å². The third-order valence-electron chi connectivity index (χ3n) is 3.58. The molecule has 0 aliphatic carbocycles. The first-order valence-electron chi connectivity index (χ1n) is 8.41. The Morgan fingerprint density at radius 3 is 2.58 bits per heavy atom. The van der Waals surface area contributed by atoms with Crippen molar-refractivity contribution in [2.75, 3.05) is 17.9 Å². The van der Waals surface area contributed by atoms with E-state index < -0.39 is 10.0 Å². The molecule has 26 heavy (non-hydrogen) atoms.